The van der Waals surface area contributed by atoms with Gasteiger partial charge in [0, 0.05) is 19.7 Å². The van der Waals surface area contributed by atoms with Crippen LogP contribution in [0.4, 0.5) is 0 Å². The maximum Gasteiger partial charge on any atom is 0.191 e. The van der Waals surface area contributed by atoms with Gasteiger partial charge in [0.25, 0.3) is 0 Å². The number of ether oxygens (including phenoxy) is 1. The number of guanidine groups is 1. The van der Waals surface area contributed by atoms with Crippen molar-refractivity contribution in [3.8, 4) is 5.75 Å². The number of rotatable bonds is 8. The molecule has 0 saturated heterocycles. The number of hydrogen-bond acceptors (Lipinski definition) is 4. The average Bonchev–Trinajstić information content (AvgIpc) is 3.19. The van der Waals surface area contributed by atoms with Crippen LogP contribution in [-0.2, 0) is 6.54 Å². The van der Waals surface area contributed by atoms with Crippen LogP contribution in [0.3, 0.4) is 0 Å². The summed E-state index contributed by atoms with van der Waals surface area (Å²) in [4.78, 5) is 4.23. The third-order valence-electron chi connectivity index (χ3n) is 4.43. The standard InChI is InChI=1S/C22H28N4O2/c1-16(2)21-14-20(28-26-21)15-25-22(23-3)24-11-6-12-27-19-10-9-17-7-4-5-8-18(17)13-19/h4-5,7-10,13-14,16H,6,11-12,15H2,1-3H3,(H2,23,24,25). The number of nitrogens with zero attached hydrogens (tertiary/aromatic N) is 2. The first-order valence-corrected chi connectivity index (χ1v) is 9.67. The van der Waals surface area contributed by atoms with E-state index in [0.29, 0.717) is 19.1 Å². The summed E-state index contributed by atoms with van der Waals surface area (Å²) >= 11 is 0. The Hall–Kier alpha value is -3.02. The van der Waals surface area contributed by atoms with Gasteiger partial charge in [0.05, 0.1) is 18.8 Å². The molecule has 2 aromatic carbocycles. The SMILES string of the molecule is CN=C(NCCCOc1ccc2ccccc2c1)NCc1cc(C(C)C)no1. The van der Waals surface area contributed by atoms with E-state index in [-0.39, 0.29) is 0 Å². The van der Waals surface area contributed by atoms with Gasteiger partial charge in [-0.05, 0) is 35.2 Å². The molecule has 6 nitrogen and oxygen atoms in total. The van der Waals surface area contributed by atoms with Crippen molar-refractivity contribution >= 4 is 16.7 Å². The van der Waals surface area contributed by atoms with Crippen LogP contribution in [0.15, 0.2) is 58.0 Å². The van der Waals surface area contributed by atoms with Crippen LogP contribution in [0.1, 0.15) is 37.6 Å². The summed E-state index contributed by atoms with van der Waals surface area (Å²) < 4.78 is 11.2. The number of benzene rings is 2. The third-order valence-corrected chi connectivity index (χ3v) is 4.43. The van der Waals surface area contributed by atoms with Crippen LogP contribution in [0, 0.1) is 0 Å². The molecule has 1 aromatic heterocycles. The molecule has 0 spiro atoms. The summed E-state index contributed by atoms with van der Waals surface area (Å²) in [6.45, 7) is 6.14. The number of fused-ring (bicyclic) bond motifs is 1. The van der Waals surface area contributed by atoms with Gasteiger partial charge in [-0.1, -0.05) is 49.3 Å². The Kier molecular flexibility index (Phi) is 6.89. The molecule has 0 saturated carbocycles. The highest BCUT2D eigenvalue weighted by molar-refractivity contribution is 5.83. The topological polar surface area (TPSA) is 71.7 Å². The first-order chi connectivity index (χ1) is 13.7. The van der Waals surface area contributed by atoms with Crippen molar-refractivity contribution in [2.75, 3.05) is 20.2 Å². The summed E-state index contributed by atoms with van der Waals surface area (Å²) in [6.07, 6.45) is 0.868. The molecular weight excluding hydrogens is 352 g/mol. The lowest BCUT2D eigenvalue weighted by Gasteiger charge is -2.11. The fourth-order valence-electron chi connectivity index (χ4n) is 2.80. The van der Waals surface area contributed by atoms with E-state index in [0.717, 1.165) is 36.1 Å². The lowest BCUT2D eigenvalue weighted by Crippen LogP contribution is -2.37. The van der Waals surface area contributed by atoms with Crippen molar-refractivity contribution in [3.63, 3.8) is 0 Å². The summed E-state index contributed by atoms with van der Waals surface area (Å²) in [5, 5.41) is 13.0. The zero-order chi connectivity index (χ0) is 19.8. The van der Waals surface area contributed by atoms with Gasteiger partial charge < -0.3 is 19.9 Å². The van der Waals surface area contributed by atoms with Crippen molar-refractivity contribution in [3.05, 3.63) is 60.0 Å². The predicted octanol–water partition coefficient (Wildman–Crippen LogP) is 4.09. The van der Waals surface area contributed by atoms with Gasteiger partial charge in [-0.3, -0.25) is 4.99 Å². The largest absolute Gasteiger partial charge is 0.494 e. The molecule has 2 N–H and O–H groups in total. The fourth-order valence-corrected chi connectivity index (χ4v) is 2.80. The summed E-state index contributed by atoms with van der Waals surface area (Å²) in [7, 11) is 1.75. The molecule has 3 aromatic rings. The smallest absolute Gasteiger partial charge is 0.191 e. The average molecular weight is 380 g/mol. The Labute approximate surface area is 166 Å². The molecule has 0 bridgehead atoms. The van der Waals surface area contributed by atoms with E-state index in [1.165, 1.54) is 10.8 Å². The number of aliphatic imine (C=N–C) groups is 1. The maximum absolute atomic E-state index is 5.86. The molecule has 0 unspecified atom stereocenters. The molecule has 0 amide bonds. The van der Waals surface area contributed by atoms with Crippen molar-refractivity contribution in [1.29, 1.82) is 0 Å². The van der Waals surface area contributed by atoms with E-state index in [4.69, 9.17) is 9.26 Å². The third kappa shape index (κ3) is 5.49. The van der Waals surface area contributed by atoms with Crippen LogP contribution < -0.4 is 15.4 Å². The number of hydrogen-bond donors (Lipinski definition) is 2. The molecule has 1 heterocycles. The molecule has 0 aliphatic heterocycles. The highest BCUT2D eigenvalue weighted by Crippen LogP contribution is 2.20. The number of nitrogens with one attached hydrogen (secondary N) is 2. The van der Waals surface area contributed by atoms with E-state index < -0.39 is 0 Å². The van der Waals surface area contributed by atoms with Gasteiger partial charge in [0.1, 0.15) is 5.75 Å². The Morgan fingerprint density at radius 1 is 1.11 bits per heavy atom. The molecule has 0 radical (unpaired) electrons. The Bertz CT molecular complexity index is 918. The highest BCUT2D eigenvalue weighted by Gasteiger charge is 2.08. The van der Waals surface area contributed by atoms with E-state index in [1.807, 2.05) is 24.3 Å². The van der Waals surface area contributed by atoms with Gasteiger partial charge in [0.2, 0.25) is 0 Å². The lowest BCUT2D eigenvalue weighted by atomic mass is 10.1. The molecule has 0 aliphatic rings. The highest BCUT2D eigenvalue weighted by atomic mass is 16.5. The van der Waals surface area contributed by atoms with E-state index in [1.54, 1.807) is 7.05 Å². The second-order valence-corrected chi connectivity index (χ2v) is 6.94. The zero-order valence-corrected chi connectivity index (χ0v) is 16.7. The van der Waals surface area contributed by atoms with Crippen LogP contribution in [0.5, 0.6) is 5.75 Å². The van der Waals surface area contributed by atoms with Crippen molar-refractivity contribution < 1.29 is 9.26 Å². The number of aromatic nitrogens is 1. The minimum atomic E-state index is 0.359. The van der Waals surface area contributed by atoms with E-state index in [2.05, 4.69) is 58.9 Å². The fraction of sp³-hybridized carbons (Fsp3) is 0.364. The molecule has 28 heavy (non-hydrogen) atoms. The Balaban J connectivity index is 1.37. The summed E-state index contributed by atoms with van der Waals surface area (Å²) in [5.74, 6) is 2.78. The van der Waals surface area contributed by atoms with Crippen LogP contribution in [0.2, 0.25) is 0 Å². The summed E-state index contributed by atoms with van der Waals surface area (Å²) in [6, 6.07) is 16.4. The van der Waals surface area contributed by atoms with E-state index >= 15 is 0 Å². The molecule has 6 heteroatoms. The van der Waals surface area contributed by atoms with Gasteiger partial charge in [-0.25, -0.2) is 0 Å². The molecule has 0 aliphatic carbocycles. The molecular formula is C22H28N4O2. The van der Waals surface area contributed by atoms with E-state index in [9.17, 15) is 0 Å². The molecule has 0 fully saturated rings. The quantitative estimate of drug-likeness (QED) is 0.350. The normalized spacial score (nSPS) is 11.8. The minimum absolute atomic E-state index is 0.359. The van der Waals surface area contributed by atoms with Gasteiger partial charge in [-0.2, -0.15) is 0 Å². The minimum Gasteiger partial charge on any atom is -0.494 e. The van der Waals surface area contributed by atoms with Crippen LogP contribution in [-0.4, -0.2) is 31.3 Å². The monoisotopic (exact) mass is 380 g/mol. The first-order valence-electron chi connectivity index (χ1n) is 9.67. The van der Waals surface area contributed by atoms with Gasteiger partial charge >= 0.3 is 0 Å². The van der Waals surface area contributed by atoms with Crippen molar-refractivity contribution in [2.45, 2.75) is 32.7 Å². The van der Waals surface area contributed by atoms with Crippen molar-refractivity contribution in [1.82, 2.24) is 15.8 Å². The summed E-state index contributed by atoms with van der Waals surface area (Å²) in [5.41, 5.74) is 0.964. The molecule has 0 atom stereocenters. The maximum atomic E-state index is 5.86. The van der Waals surface area contributed by atoms with Crippen LogP contribution in [0.25, 0.3) is 10.8 Å². The molecule has 148 valence electrons. The lowest BCUT2D eigenvalue weighted by molar-refractivity contribution is 0.311. The van der Waals surface area contributed by atoms with Gasteiger partial charge in [0.15, 0.2) is 11.7 Å². The molecule has 3 rings (SSSR count). The Morgan fingerprint density at radius 3 is 2.68 bits per heavy atom. The van der Waals surface area contributed by atoms with Gasteiger partial charge in [-0.15, -0.1) is 0 Å². The Morgan fingerprint density at radius 2 is 1.93 bits per heavy atom. The second kappa shape index (κ2) is 9.78. The first kappa shape index (κ1) is 19.7. The van der Waals surface area contributed by atoms with Crippen molar-refractivity contribution in [2.24, 2.45) is 4.99 Å². The second-order valence-electron chi connectivity index (χ2n) is 6.94. The van der Waals surface area contributed by atoms with Crippen LogP contribution >= 0.6 is 0 Å². The predicted molar refractivity (Wildman–Crippen MR) is 113 cm³/mol. The zero-order valence-electron chi connectivity index (χ0n) is 16.7.